The van der Waals surface area contributed by atoms with E-state index < -0.39 is 21.3 Å². The first-order chi connectivity index (χ1) is 29.3. The zero-order chi connectivity index (χ0) is 38.7. The predicted octanol–water partition coefficient (Wildman–Crippen LogP) is 8.10. The summed E-state index contributed by atoms with van der Waals surface area (Å²) in [7, 11) is -3.00. The van der Waals surface area contributed by atoms with Crippen molar-refractivity contribution >= 4 is 111 Å². The van der Waals surface area contributed by atoms with E-state index in [1.165, 1.54) is 89.5 Å². The Kier molecular flexibility index (Phi) is 6.92. The molecule has 0 amide bonds. The van der Waals surface area contributed by atoms with Gasteiger partial charge in [-0.1, -0.05) is 0 Å². The van der Waals surface area contributed by atoms with Crippen LogP contribution in [0.2, 0.25) is 0 Å². The first kappa shape index (κ1) is 33.1. The van der Waals surface area contributed by atoms with Crippen LogP contribution in [0.4, 0.5) is 51.2 Å². The van der Waals surface area contributed by atoms with Crippen LogP contribution in [0.1, 0.15) is 0 Å². The summed E-state index contributed by atoms with van der Waals surface area (Å²) in [6, 6.07) is 85.5. The van der Waals surface area contributed by atoms with Crippen molar-refractivity contribution in [1.29, 1.82) is 0 Å². The topological polar surface area (TPSA) is 9.72 Å². The zero-order valence-electron chi connectivity index (χ0n) is 32.2. The second-order valence-electron chi connectivity index (χ2n) is 16.0. The number of benzene rings is 9. The Bertz CT molecular complexity index is 2830. The van der Waals surface area contributed by atoms with E-state index in [1.54, 1.807) is 0 Å². The average Bonchev–Trinajstić information content (AvgIpc) is 3.31. The van der Waals surface area contributed by atoms with Gasteiger partial charge in [-0.2, -0.15) is 0 Å². The summed E-state index contributed by atoms with van der Waals surface area (Å²) in [5.41, 5.74) is 11.5. The molecule has 9 aromatic rings. The molecule has 0 bridgehead atoms. The monoisotopic (exact) mass is 829 g/mol. The number of anilines is 9. The predicted molar refractivity (Wildman–Crippen MR) is 252 cm³/mol. The average molecular weight is 829 g/mol. The van der Waals surface area contributed by atoms with E-state index in [4.69, 9.17) is 0 Å². The summed E-state index contributed by atoms with van der Waals surface area (Å²) in [4.78, 5) is 7.70. The van der Waals surface area contributed by atoms with E-state index in [-0.39, 0.29) is 0 Å². The fraction of sp³-hybridized carbons (Fsp3) is 0. The molecule has 0 radical (unpaired) electrons. The van der Waals surface area contributed by atoms with Crippen LogP contribution in [-0.2, 0) is 0 Å². The molecule has 5 heteroatoms. The number of para-hydroxylation sites is 9. The van der Waals surface area contributed by atoms with Gasteiger partial charge >= 0.3 is 350 Å². The molecule has 0 N–H and O–H groups in total. The molecule has 0 atom stereocenters. The Morgan fingerprint density at radius 1 is 0.254 bits per heavy atom. The molecular formula is C54H37GeN3Si. The summed E-state index contributed by atoms with van der Waals surface area (Å²) >= 11 is -3.84. The maximum atomic E-state index is 2.67. The number of nitrogens with zero attached hydrogens (tertiary/aromatic N) is 3. The summed E-state index contributed by atoms with van der Waals surface area (Å²) in [5.74, 6) is 0. The van der Waals surface area contributed by atoms with Crippen molar-refractivity contribution in [2.24, 2.45) is 0 Å². The molecule has 0 saturated carbocycles. The molecule has 4 aliphatic rings. The van der Waals surface area contributed by atoms with Gasteiger partial charge in [-0.3, -0.25) is 0 Å². The summed E-state index contributed by atoms with van der Waals surface area (Å²) < 4.78 is 5.95. The van der Waals surface area contributed by atoms with E-state index in [0.29, 0.717) is 0 Å². The fourth-order valence-corrected chi connectivity index (χ4v) is 28.6. The molecule has 0 aromatic heterocycles. The molecule has 2 spiro atoms. The Labute approximate surface area is 348 Å². The molecule has 9 aromatic carbocycles. The number of fused-ring (bicyclic) bond motifs is 16. The van der Waals surface area contributed by atoms with Gasteiger partial charge in [0.15, 0.2) is 0 Å². The SMILES string of the molecule is c1ccc(N2c3ccccc3[Si]3(c4ccccc42)c2ccccc2N2c4cccc[c]4[Ge]4([c]5ccccc5N(c5ccccc5)c5cccc[c]54)[c]4cccc3c42)cc1. The standard InChI is InChI=1S/C54H37GeN3Si/c1-3-20-38(21-4-1)56-44-28-10-7-24-40(44)55(41-25-8-11-29-45(41)56)42-26-9-12-30-46(42)58-49-33-15-18-36-52(49)59(53-37-19-27-43(55)54(53)58)50-34-16-13-31-47(50)57(39-22-5-2-6-23-39)48-32-14-17-35-51(48)59/h1-37H. The molecule has 59 heavy (non-hydrogen) atoms. The number of rotatable bonds is 2. The van der Waals surface area contributed by atoms with Crippen LogP contribution >= 0.6 is 0 Å². The summed E-state index contributed by atoms with van der Waals surface area (Å²) in [6.07, 6.45) is 0. The van der Waals surface area contributed by atoms with Crippen LogP contribution in [0.5, 0.6) is 0 Å². The van der Waals surface area contributed by atoms with Crippen LogP contribution in [0.15, 0.2) is 224 Å². The van der Waals surface area contributed by atoms with Gasteiger partial charge in [-0.25, -0.2) is 0 Å². The molecule has 0 saturated heterocycles. The molecule has 0 unspecified atom stereocenters. The third kappa shape index (κ3) is 4.12. The first-order valence-electron chi connectivity index (χ1n) is 20.5. The van der Waals surface area contributed by atoms with Crippen LogP contribution < -0.4 is 53.0 Å². The van der Waals surface area contributed by atoms with Gasteiger partial charge < -0.3 is 0 Å². The van der Waals surface area contributed by atoms with Crippen LogP contribution in [-0.4, -0.2) is 21.3 Å². The summed E-state index contributed by atoms with van der Waals surface area (Å²) in [5, 5.41) is 5.78. The van der Waals surface area contributed by atoms with Gasteiger partial charge in [-0.15, -0.1) is 0 Å². The van der Waals surface area contributed by atoms with E-state index in [9.17, 15) is 0 Å². The molecular weight excluding hydrogens is 791 g/mol. The minimum atomic E-state index is -3.84. The van der Waals surface area contributed by atoms with Crippen molar-refractivity contribution < 1.29 is 0 Å². The van der Waals surface area contributed by atoms with E-state index in [0.717, 1.165) is 0 Å². The zero-order valence-corrected chi connectivity index (χ0v) is 35.3. The molecule has 4 heterocycles. The van der Waals surface area contributed by atoms with E-state index in [2.05, 4.69) is 239 Å². The van der Waals surface area contributed by atoms with Crippen molar-refractivity contribution in [1.82, 2.24) is 0 Å². The van der Waals surface area contributed by atoms with Crippen molar-refractivity contribution in [3.05, 3.63) is 224 Å². The Morgan fingerprint density at radius 3 is 1.05 bits per heavy atom. The molecule has 3 nitrogen and oxygen atoms in total. The summed E-state index contributed by atoms with van der Waals surface area (Å²) in [6.45, 7) is 0. The Morgan fingerprint density at radius 2 is 0.576 bits per heavy atom. The fourth-order valence-electron chi connectivity index (χ4n) is 11.4. The third-order valence-corrected chi connectivity index (χ3v) is 28.6. The molecule has 13 rings (SSSR count). The second-order valence-corrected chi connectivity index (χ2v) is 27.3. The van der Waals surface area contributed by atoms with Gasteiger partial charge in [0.2, 0.25) is 0 Å². The molecule has 4 aliphatic heterocycles. The molecule has 0 aliphatic carbocycles. The first-order valence-corrected chi connectivity index (χ1v) is 26.7. The Balaban J connectivity index is 1.20. The van der Waals surface area contributed by atoms with Gasteiger partial charge in [0.05, 0.1) is 0 Å². The van der Waals surface area contributed by atoms with Gasteiger partial charge in [-0.05, 0) is 0 Å². The van der Waals surface area contributed by atoms with Crippen LogP contribution in [0.3, 0.4) is 0 Å². The molecule has 276 valence electrons. The number of hydrogen-bond donors (Lipinski definition) is 0. The quantitative estimate of drug-likeness (QED) is 0.163. The second kappa shape index (κ2) is 12.3. The van der Waals surface area contributed by atoms with Crippen LogP contribution in [0.25, 0.3) is 0 Å². The third-order valence-electron chi connectivity index (χ3n) is 13.4. The minimum absolute atomic E-state index is 1.18. The van der Waals surface area contributed by atoms with Crippen molar-refractivity contribution in [3.8, 4) is 0 Å². The van der Waals surface area contributed by atoms with Crippen molar-refractivity contribution in [2.75, 3.05) is 14.7 Å². The maximum absolute atomic E-state index is 3.84. The van der Waals surface area contributed by atoms with Gasteiger partial charge in [0.1, 0.15) is 0 Å². The van der Waals surface area contributed by atoms with E-state index >= 15 is 0 Å². The van der Waals surface area contributed by atoms with Crippen LogP contribution in [0, 0.1) is 0 Å². The number of hydrogen-bond acceptors (Lipinski definition) is 3. The molecule has 0 fully saturated rings. The van der Waals surface area contributed by atoms with Gasteiger partial charge in [0, 0.05) is 0 Å². The van der Waals surface area contributed by atoms with Crippen molar-refractivity contribution in [3.63, 3.8) is 0 Å². The van der Waals surface area contributed by atoms with E-state index in [1.807, 2.05) is 0 Å². The van der Waals surface area contributed by atoms with Crippen molar-refractivity contribution in [2.45, 2.75) is 0 Å². The Hall–Kier alpha value is -6.86. The normalized spacial score (nSPS) is 15.3. The van der Waals surface area contributed by atoms with Gasteiger partial charge in [0.25, 0.3) is 0 Å².